The Kier molecular flexibility index (Phi) is 3.09. The third kappa shape index (κ3) is 1.79. The van der Waals surface area contributed by atoms with Crippen molar-refractivity contribution in [3.8, 4) is 0 Å². The fourth-order valence-corrected chi connectivity index (χ4v) is 2.91. The van der Waals surface area contributed by atoms with E-state index >= 15 is 0 Å². The van der Waals surface area contributed by atoms with Crippen LogP contribution in [0.25, 0.3) is 0 Å². The molecule has 1 amide bonds. The molecule has 2 rings (SSSR count). The monoisotopic (exact) mass is 233 g/mol. The number of amides is 1. The molecule has 1 aliphatic rings. The maximum absolute atomic E-state index is 11.9. The molecule has 0 N–H and O–H groups in total. The van der Waals surface area contributed by atoms with Crippen molar-refractivity contribution in [2.75, 3.05) is 12.0 Å². The lowest BCUT2D eigenvalue weighted by molar-refractivity contribution is 0.176. The van der Waals surface area contributed by atoms with Crippen molar-refractivity contribution in [2.45, 2.75) is 32.7 Å². The number of fused-ring (bicyclic) bond motifs is 1. The van der Waals surface area contributed by atoms with Crippen molar-refractivity contribution < 1.29 is 9.53 Å². The second-order valence-electron chi connectivity index (χ2n) is 4.91. The maximum Gasteiger partial charge on any atom is 0.414 e. The van der Waals surface area contributed by atoms with Gasteiger partial charge in [-0.15, -0.1) is 0 Å². The van der Waals surface area contributed by atoms with Gasteiger partial charge in [0.1, 0.15) is 0 Å². The van der Waals surface area contributed by atoms with Crippen LogP contribution >= 0.6 is 0 Å². The van der Waals surface area contributed by atoms with Crippen molar-refractivity contribution in [3.05, 3.63) is 29.8 Å². The molecule has 0 spiro atoms. The minimum absolute atomic E-state index is 0.153. The highest BCUT2D eigenvalue weighted by atomic mass is 16.5. The molecule has 0 saturated heterocycles. The lowest BCUT2D eigenvalue weighted by atomic mass is 9.86. The minimum atomic E-state index is -0.270. The number of ether oxygens (including phenoxy) is 1. The first-order valence-corrected chi connectivity index (χ1v) is 6.04. The molecule has 0 unspecified atom stereocenters. The Morgan fingerprint density at radius 3 is 2.59 bits per heavy atom. The summed E-state index contributed by atoms with van der Waals surface area (Å²) in [6.07, 6.45) is -0.270. The third-order valence-electron chi connectivity index (χ3n) is 3.57. The zero-order valence-electron chi connectivity index (χ0n) is 10.8. The number of carbonyl (C=O) groups excluding carboxylic acids is 1. The Morgan fingerprint density at radius 1 is 1.35 bits per heavy atom. The van der Waals surface area contributed by atoms with Crippen LogP contribution in [0, 0.1) is 5.92 Å². The summed E-state index contributed by atoms with van der Waals surface area (Å²) in [6, 6.07) is 8.25. The van der Waals surface area contributed by atoms with E-state index in [1.54, 1.807) is 4.90 Å². The van der Waals surface area contributed by atoms with Crippen LogP contribution in [0.4, 0.5) is 10.5 Å². The molecular formula is C14H19NO2. The van der Waals surface area contributed by atoms with Gasteiger partial charge in [-0.1, -0.05) is 32.0 Å². The second-order valence-corrected chi connectivity index (χ2v) is 4.91. The molecular weight excluding hydrogens is 214 g/mol. The Morgan fingerprint density at radius 2 is 2.00 bits per heavy atom. The summed E-state index contributed by atoms with van der Waals surface area (Å²) in [4.78, 5) is 13.6. The SMILES string of the molecule is COC(=O)N1c2ccccc2[C@H](C(C)C)[C@H]1C. The highest BCUT2D eigenvalue weighted by Crippen LogP contribution is 2.44. The fourth-order valence-electron chi connectivity index (χ4n) is 2.91. The first-order chi connectivity index (χ1) is 8.07. The Labute approximate surface area is 102 Å². The molecule has 1 aliphatic heterocycles. The van der Waals surface area contributed by atoms with E-state index in [-0.39, 0.29) is 12.1 Å². The molecule has 1 aromatic rings. The predicted octanol–water partition coefficient (Wildman–Crippen LogP) is 3.40. The van der Waals surface area contributed by atoms with E-state index in [1.165, 1.54) is 12.7 Å². The van der Waals surface area contributed by atoms with Crippen LogP contribution in [0.3, 0.4) is 0 Å². The van der Waals surface area contributed by atoms with Gasteiger partial charge in [-0.25, -0.2) is 4.79 Å². The normalized spacial score (nSPS) is 22.8. The molecule has 0 bridgehead atoms. The third-order valence-corrected chi connectivity index (χ3v) is 3.57. The van der Waals surface area contributed by atoms with Crippen LogP contribution in [-0.2, 0) is 4.74 Å². The smallest absolute Gasteiger partial charge is 0.414 e. The van der Waals surface area contributed by atoms with Crippen LogP contribution in [0.1, 0.15) is 32.3 Å². The van der Waals surface area contributed by atoms with Gasteiger partial charge in [0.05, 0.1) is 12.8 Å². The first kappa shape index (κ1) is 12.0. The second kappa shape index (κ2) is 4.40. The van der Waals surface area contributed by atoms with Crippen LogP contribution in [-0.4, -0.2) is 19.2 Å². The number of para-hydroxylation sites is 1. The number of carbonyl (C=O) groups is 1. The Balaban J connectivity index is 2.49. The zero-order chi connectivity index (χ0) is 12.6. The van der Waals surface area contributed by atoms with Gasteiger partial charge in [-0.2, -0.15) is 0 Å². The molecule has 1 aromatic carbocycles. The number of rotatable bonds is 1. The number of hydrogen-bond acceptors (Lipinski definition) is 2. The van der Waals surface area contributed by atoms with Crippen LogP contribution in [0.5, 0.6) is 0 Å². The molecule has 1 heterocycles. The quantitative estimate of drug-likeness (QED) is 0.744. The fraction of sp³-hybridized carbons (Fsp3) is 0.500. The van der Waals surface area contributed by atoms with Crippen molar-refractivity contribution >= 4 is 11.8 Å². The molecule has 0 radical (unpaired) electrons. The molecule has 0 saturated carbocycles. The average molecular weight is 233 g/mol. The largest absolute Gasteiger partial charge is 0.452 e. The van der Waals surface area contributed by atoms with Gasteiger partial charge in [0.15, 0.2) is 0 Å². The first-order valence-electron chi connectivity index (χ1n) is 6.04. The van der Waals surface area contributed by atoms with E-state index in [0.717, 1.165) is 5.69 Å². The van der Waals surface area contributed by atoms with Crippen LogP contribution in [0.2, 0.25) is 0 Å². The van der Waals surface area contributed by atoms with Crippen molar-refractivity contribution in [3.63, 3.8) is 0 Å². The standard InChI is InChI=1S/C14H19NO2/c1-9(2)13-10(3)15(14(16)17-4)12-8-6-5-7-11(12)13/h5-10,13H,1-4H3/t10-,13-/m1/s1. The van der Waals surface area contributed by atoms with Gasteiger partial charge < -0.3 is 4.74 Å². The molecule has 0 aromatic heterocycles. The van der Waals surface area contributed by atoms with Gasteiger partial charge in [-0.05, 0) is 24.5 Å². The number of hydrogen-bond donors (Lipinski definition) is 0. The van der Waals surface area contributed by atoms with Crippen molar-refractivity contribution in [2.24, 2.45) is 5.92 Å². The summed E-state index contributed by atoms with van der Waals surface area (Å²) in [7, 11) is 1.43. The topological polar surface area (TPSA) is 29.5 Å². The van der Waals surface area contributed by atoms with Gasteiger partial charge in [-0.3, -0.25) is 4.90 Å². The molecule has 92 valence electrons. The van der Waals surface area contributed by atoms with Gasteiger partial charge >= 0.3 is 6.09 Å². The summed E-state index contributed by atoms with van der Waals surface area (Å²) >= 11 is 0. The summed E-state index contributed by atoms with van der Waals surface area (Å²) in [5.41, 5.74) is 2.24. The van der Waals surface area contributed by atoms with Gasteiger partial charge in [0.25, 0.3) is 0 Å². The average Bonchev–Trinajstić information content (AvgIpc) is 2.60. The number of nitrogens with zero attached hydrogens (tertiary/aromatic N) is 1. The summed E-state index contributed by atoms with van der Waals surface area (Å²) in [5.74, 6) is 0.881. The van der Waals surface area contributed by atoms with E-state index in [4.69, 9.17) is 4.74 Å². The van der Waals surface area contributed by atoms with Crippen molar-refractivity contribution in [1.29, 1.82) is 0 Å². The highest BCUT2D eigenvalue weighted by molar-refractivity contribution is 5.91. The lowest BCUT2D eigenvalue weighted by Gasteiger charge is -2.26. The predicted molar refractivity (Wildman–Crippen MR) is 68.4 cm³/mol. The molecule has 0 aliphatic carbocycles. The Bertz CT molecular complexity index is 428. The summed E-state index contributed by atoms with van der Waals surface area (Å²) in [5, 5.41) is 0. The Hall–Kier alpha value is -1.51. The number of methoxy groups -OCH3 is 1. The number of anilines is 1. The van der Waals surface area contributed by atoms with Gasteiger partial charge in [0.2, 0.25) is 0 Å². The molecule has 17 heavy (non-hydrogen) atoms. The van der Waals surface area contributed by atoms with E-state index in [9.17, 15) is 4.79 Å². The van der Waals surface area contributed by atoms with E-state index in [2.05, 4.69) is 26.8 Å². The van der Waals surface area contributed by atoms with E-state index in [1.807, 2.05) is 18.2 Å². The maximum atomic E-state index is 11.9. The highest BCUT2D eigenvalue weighted by Gasteiger charge is 2.40. The van der Waals surface area contributed by atoms with Crippen LogP contribution < -0.4 is 4.90 Å². The minimum Gasteiger partial charge on any atom is -0.452 e. The summed E-state index contributed by atoms with van der Waals surface area (Å²) in [6.45, 7) is 6.47. The molecule has 2 atom stereocenters. The van der Waals surface area contributed by atoms with Crippen LogP contribution in [0.15, 0.2) is 24.3 Å². The molecule has 0 fully saturated rings. The summed E-state index contributed by atoms with van der Waals surface area (Å²) < 4.78 is 4.88. The molecule has 3 nitrogen and oxygen atoms in total. The van der Waals surface area contributed by atoms with E-state index < -0.39 is 0 Å². The zero-order valence-corrected chi connectivity index (χ0v) is 10.8. The van der Waals surface area contributed by atoms with Gasteiger partial charge in [0, 0.05) is 12.0 Å². The van der Waals surface area contributed by atoms with Crippen molar-refractivity contribution in [1.82, 2.24) is 0 Å². The number of benzene rings is 1. The van der Waals surface area contributed by atoms with E-state index in [0.29, 0.717) is 11.8 Å². The molecule has 3 heteroatoms. The lowest BCUT2D eigenvalue weighted by Crippen LogP contribution is -2.38.